The fourth-order valence-corrected chi connectivity index (χ4v) is 2.02. The lowest BCUT2D eigenvalue weighted by Crippen LogP contribution is -1.98. The Morgan fingerprint density at radius 2 is 2.12 bits per heavy atom. The van der Waals surface area contributed by atoms with Crippen molar-refractivity contribution >= 4 is 17.0 Å². The summed E-state index contributed by atoms with van der Waals surface area (Å²) in [7, 11) is 0. The van der Waals surface area contributed by atoms with E-state index in [1.165, 1.54) is 12.1 Å². The minimum atomic E-state index is -2.40. The van der Waals surface area contributed by atoms with Gasteiger partial charge in [0.05, 0.1) is 0 Å². The fraction of sp³-hybridized carbons (Fsp3) is 0.167. The van der Waals surface area contributed by atoms with Crippen LogP contribution in [0.2, 0.25) is 0 Å². The summed E-state index contributed by atoms with van der Waals surface area (Å²) in [5, 5.41) is 7.13. The molecule has 0 bridgehead atoms. The van der Waals surface area contributed by atoms with E-state index in [9.17, 15) is 8.78 Å². The van der Waals surface area contributed by atoms with Crippen LogP contribution in [0.15, 0.2) is 41.1 Å². The summed E-state index contributed by atoms with van der Waals surface area (Å²) in [5.74, 6) is 0. The standard InChI is InChI=1S/C12H11F2NS/c13-12(14)10-3-1-2-9(6-10)7-15-11-4-5-16-8-11/h1-6,8,12,15H,7H2. The van der Waals surface area contributed by atoms with Gasteiger partial charge in [0.1, 0.15) is 0 Å². The smallest absolute Gasteiger partial charge is 0.263 e. The van der Waals surface area contributed by atoms with Crippen molar-refractivity contribution in [2.75, 3.05) is 5.32 Å². The van der Waals surface area contributed by atoms with Crippen LogP contribution in [0.3, 0.4) is 0 Å². The van der Waals surface area contributed by atoms with Crippen LogP contribution in [0.5, 0.6) is 0 Å². The Morgan fingerprint density at radius 3 is 2.81 bits per heavy atom. The van der Waals surface area contributed by atoms with Crippen molar-refractivity contribution in [2.45, 2.75) is 13.0 Å². The first-order chi connectivity index (χ1) is 7.75. The molecule has 84 valence electrons. The second-order valence-electron chi connectivity index (χ2n) is 3.41. The van der Waals surface area contributed by atoms with E-state index in [1.54, 1.807) is 17.4 Å². The minimum Gasteiger partial charge on any atom is -0.380 e. The van der Waals surface area contributed by atoms with E-state index in [0.29, 0.717) is 6.54 Å². The van der Waals surface area contributed by atoms with E-state index in [0.717, 1.165) is 11.3 Å². The summed E-state index contributed by atoms with van der Waals surface area (Å²) < 4.78 is 24.9. The van der Waals surface area contributed by atoms with Gasteiger partial charge in [-0.05, 0) is 23.1 Å². The predicted molar refractivity (Wildman–Crippen MR) is 63.0 cm³/mol. The summed E-state index contributed by atoms with van der Waals surface area (Å²) in [6, 6.07) is 8.43. The highest BCUT2D eigenvalue weighted by Gasteiger charge is 2.06. The van der Waals surface area contributed by atoms with Crippen molar-refractivity contribution in [1.82, 2.24) is 0 Å². The third-order valence-electron chi connectivity index (χ3n) is 2.22. The van der Waals surface area contributed by atoms with E-state index in [1.807, 2.05) is 22.9 Å². The molecule has 0 aliphatic carbocycles. The molecule has 16 heavy (non-hydrogen) atoms. The summed E-state index contributed by atoms with van der Waals surface area (Å²) in [5.41, 5.74) is 1.96. The van der Waals surface area contributed by atoms with E-state index < -0.39 is 6.43 Å². The first-order valence-electron chi connectivity index (χ1n) is 4.89. The number of hydrogen-bond acceptors (Lipinski definition) is 2. The maximum atomic E-state index is 12.4. The molecular formula is C12H11F2NS. The molecule has 1 heterocycles. The van der Waals surface area contributed by atoms with Gasteiger partial charge in [0.25, 0.3) is 6.43 Å². The second-order valence-corrected chi connectivity index (χ2v) is 4.19. The minimum absolute atomic E-state index is 0.0737. The van der Waals surface area contributed by atoms with Crippen LogP contribution in [-0.2, 0) is 6.54 Å². The highest BCUT2D eigenvalue weighted by Crippen LogP contribution is 2.20. The van der Waals surface area contributed by atoms with E-state index >= 15 is 0 Å². The number of anilines is 1. The van der Waals surface area contributed by atoms with Crippen molar-refractivity contribution < 1.29 is 8.78 Å². The molecular weight excluding hydrogens is 228 g/mol. The maximum Gasteiger partial charge on any atom is 0.263 e. The van der Waals surface area contributed by atoms with Crippen LogP contribution >= 0.6 is 11.3 Å². The number of alkyl halides is 2. The zero-order chi connectivity index (χ0) is 11.4. The molecule has 4 heteroatoms. The van der Waals surface area contributed by atoms with Crippen LogP contribution in [0.1, 0.15) is 17.6 Å². The van der Waals surface area contributed by atoms with Crippen molar-refractivity contribution in [2.24, 2.45) is 0 Å². The second kappa shape index (κ2) is 5.07. The molecule has 0 saturated carbocycles. The van der Waals surface area contributed by atoms with E-state index in [-0.39, 0.29) is 5.56 Å². The third kappa shape index (κ3) is 2.79. The van der Waals surface area contributed by atoms with Gasteiger partial charge in [0.15, 0.2) is 0 Å². The number of nitrogens with one attached hydrogen (secondary N) is 1. The Bertz CT molecular complexity index is 440. The molecule has 2 rings (SSSR count). The average molecular weight is 239 g/mol. The quantitative estimate of drug-likeness (QED) is 0.838. The summed E-state index contributed by atoms with van der Waals surface area (Å²) >= 11 is 1.60. The highest BCUT2D eigenvalue weighted by molar-refractivity contribution is 7.08. The summed E-state index contributed by atoms with van der Waals surface area (Å²) in [6.07, 6.45) is -2.40. The van der Waals surface area contributed by atoms with E-state index in [2.05, 4.69) is 5.32 Å². The van der Waals surface area contributed by atoms with Crippen LogP contribution in [0, 0.1) is 0 Å². The molecule has 0 radical (unpaired) electrons. The number of thiophene rings is 1. The molecule has 0 aliphatic heterocycles. The van der Waals surface area contributed by atoms with Gasteiger partial charge in [-0.15, -0.1) is 0 Å². The third-order valence-corrected chi connectivity index (χ3v) is 2.90. The molecule has 2 aromatic rings. The molecule has 1 aromatic carbocycles. The SMILES string of the molecule is FC(F)c1cccc(CNc2ccsc2)c1. The summed E-state index contributed by atoms with van der Waals surface area (Å²) in [4.78, 5) is 0. The fourth-order valence-electron chi connectivity index (χ4n) is 1.41. The lowest BCUT2D eigenvalue weighted by atomic mass is 10.1. The first-order valence-corrected chi connectivity index (χ1v) is 5.83. The molecule has 1 aromatic heterocycles. The van der Waals surface area contributed by atoms with Gasteiger partial charge in [-0.2, -0.15) is 11.3 Å². The molecule has 0 spiro atoms. The molecule has 1 N–H and O–H groups in total. The maximum absolute atomic E-state index is 12.4. The van der Waals surface area contributed by atoms with Gasteiger partial charge < -0.3 is 5.32 Å². The number of benzene rings is 1. The Labute approximate surface area is 96.7 Å². The Kier molecular flexibility index (Phi) is 3.51. The molecule has 0 amide bonds. The lowest BCUT2D eigenvalue weighted by Gasteiger charge is -2.06. The van der Waals surface area contributed by atoms with Crippen LogP contribution < -0.4 is 5.32 Å². The average Bonchev–Trinajstić information content (AvgIpc) is 2.79. The molecule has 0 fully saturated rings. The van der Waals surface area contributed by atoms with Gasteiger partial charge in [-0.3, -0.25) is 0 Å². The molecule has 0 aliphatic rings. The van der Waals surface area contributed by atoms with Gasteiger partial charge in [0.2, 0.25) is 0 Å². The zero-order valence-electron chi connectivity index (χ0n) is 8.49. The van der Waals surface area contributed by atoms with Crippen molar-refractivity contribution in [3.8, 4) is 0 Å². The van der Waals surface area contributed by atoms with Crippen molar-refractivity contribution in [1.29, 1.82) is 0 Å². The van der Waals surface area contributed by atoms with Gasteiger partial charge >= 0.3 is 0 Å². The van der Waals surface area contributed by atoms with E-state index in [4.69, 9.17) is 0 Å². The van der Waals surface area contributed by atoms with Crippen LogP contribution in [0.25, 0.3) is 0 Å². The Balaban J connectivity index is 2.01. The number of halogens is 2. The van der Waals surface area contributed by atoms with Crippen molar-refractivity contribution in [3.05, 3.63) is 52.2 Å². The Hall–Kier alpha value is -1.42. The van der Waals surface area contributed by atoms with Gasteiger partial charge in [-0.1, -0.05) is 18.2 Å². The Morgan fingerprint density at radius 1 is 1.25 bits per heavy atom. The zero-order valence-corrected chi connectivity index (χ0v) is 9.31. The van der Waals surface area contributed by atoms with Gasteiger partial charge in [-0.25, -0.2) is 8.78 Å². The topological polar surface area (TPSA) is 12.0 Å². The predicted octanol–water partition coefficient (Wildman–Crippen LogP) is 4.30. The summed E-state index contributed by atoms with van der Waals surface area (Å²) in [6.45, 7) is 0.567. The monoisotopic (exact) mass is 239 g/mol. The van der Waals surface area contributed by atoms with Gasteiger partial charge in [0, 0.05) is 23.2 Å². The number of hydrogen-bond donors (Lipinski definition) is 1. The normalized spacial score (nSPS) is 10.7. The van der Waals surface area contributed by atoms with Crippen LogP contribution in [-0.4, -0.2) is 0 Å². The lowest BCUT2D eigenvalue weighted by molar-refractivity contribution is 0.151. The number of rotatable bonds is 4. The largest absolute Gasteiger partial charge is 0.380 e. The molecule has 0 atom stereocenters. The highest BCUT2D eigenvalue weighted by atomic mass is 32.1. The van der Waals surface area contributed by atoms with Crippen molar-refractivity contribution in [3.63, 3.8) is 0 Å². The first kappa shape index (κ1) is 11.1. The molecule has 0 saturated heterocycles. The van der Waals surface area contributed by atoms with Crippen LogP contribution in [0.4, 0.5) is 14.5 Å². The molecule has 1 nitrogen and oxygen atoms in total. The molecule has 0 unspecified atom stereocenters.